The maximum absolute atomic E-state index is 14.0. The van der Waals surface area contributed by atoms with Gasteiger partial charge in [0.25, 0.3) is 0 Å². The van der Waals surface area contributed by atoms with E-state index in [0.29, 0.717) is 16.8 Å². The average molecular weight is 268 g/mol. The minimum Gasteiger partial charge on any atom is -0.342 e. The number of carbonyl (C=O) groups is 1. The molecule has 0 aliphatic carbocycles. The zero-order valence-electron chi connectivity index (χ0n) is 11.2. The van der Waals surface area contributed by atoms with Gasteiger partial charge in [0, 0.05) is 18.3 Å². The molecule has 0 atom stereocenters. The lowest BCUT2D eigenvalue weighted by Crippen LogP contribution is -2.11. The maximum atomic E-state index is 14.0. The summed E-state index contributed by atoms with van der Waals surface area (Å²) < 4.78 is 14.0. The Labute approximate surface area is 116 Å². The Balaban J connectivity index is 2.35. The van der Waals surface area contributed by atoms with E-state index in [1.54, 1.807) is 48.3 Å². The van der Waals surface area contributed by atoms with Crippen LogP contribution < -0.4 is 4.90 Å². The average Bonchev–Trinajstić information content (AvgIpc) is 2.46. The number of nitrogens with zero attached hydrogens (tertiary/aromatic N) is 2. The number of Topliss-reactive ketones (excluding diaryl/α,β-unsaturated/α-hetero) is 1. The van der Waals surface area contributed by atoms with E-state index in [-0.39, 0.29) is 5.78 Å². The monoisotopic (exact) mass is 268 g/mol. The Hall–Kier alpha value is -2.67. The van der Waals surface area contributed by atoms with Crippen molar-refractivity contribution in [2.45, 2.75) is 6.92 Å². The number of halogens is 1. The van der Waals surface area contributed by atoms with Gasteiger partial charge in [0.05, 0.1) is 17.3 Å². The van der Waals surface area contributed by atoms with Gasteiger partial charge in [-0.3, -0.25) is 4.79 Å². The van der Waals surface area contributed by atoms with Gasteiger partial charge in [-0.15, -0.1) is 0 Å². The summed E-state index contributed by atoms with van der Waals surface area (Å²) in [5, 5.41) is 8.76. The van der Waals surface area contributed by atoms with Gasteiger partial charge in [0.15, 0.2) is 5.78 Å². The summed E-state index contributed by atoms with van der Waals surface area (Å²) in [6.45, 7) is 1.40. The Bertz CT molecular complexity index is 687. The first-order chi connectivity index (χ1) is 9.52. The third-order valence-corrected chi connectivity index (χ3v) is 3.10. The van der Waals surface area contributed by atoms with Crippen molar-refractivity contribution in [3.05, 3.63) is 59.4 Å². The Morgan fingerprint density at radius 2 is 1.85 bits per heavy atom. The normalized spacial score (nSPS) is 9.90. The SMILES string of the molecule is CC(=O)c1ccc(N(C)c2ccc(C#N)cc2)c(F)c1. The number of nitriles is 1. The molecule has 0 N–H and O–H groups in total. The van der Waals surface area contributed by atoms with E-state index in [0.717, 1.165) is 5.69 Å². The molecular weight excluding hydrogens is 255 g/mol. The molecule has 3 nitrogen and oxygen atoms in total. The summed E-state index contributed by atoms with van der Waals surface area (Å²) >= 11 is 0. The summed E-state index contributed by atoms with van der Waals surface area (Å²) in [7, 11) is 1.73. The van der Waals surface area contributed by atoms with E-state index in [9.17, 15) is 9.18 Å². The van der Waals surface area contributed by atoms with Crippen molar-refractivity contribution in [3.8, 4) is 6.07 Å². The van der Waals surface area contributed by atoms with Gasteiger partial charge in [0.2, 0.25) is 0 Å². The molecule has 0 radical (unpaired) electrons. The molecule has 0 bridgehead atoms. The predicted octanol–water partition coefficient (Wildman–Crippen LogP) is 3.67. The van der Waals surface area contributed by atoms with Gasteiger partial charge < -0.3 is 4.90 Å². The molecule has 0 aliphatic rings. The first kappa shape index (κ1) is 13.8. The van der Waals surface area contributed by atoms with Crippen LogP contribution in [0.25, 0.3) is 0 Å². The molecule has 100 valence electrons. The standard InChI is InChI=1S/C16H13FN2O/c1-11(20)13-5-8-16(15(17)9-13)19(2)14-6-3-12(10-18)4-7-14/h3-9H,1-2H3. The molecule has 2 aromatic rings. The van der Waals surface area contributed by atoms with Crippen molar-refractivity contribution in [2.24, 2.45) is 0 Å². The van der Waals surface area contributed by atoms with E-state index in [1.165, 1.54) is 13.0 Å². The van der Waals surface area contributed by atoms with Crippen LogP contribution in [0.3, 0.4) is 0 Å². The number of anilines is 2. The topological polar surface area (TPSA) is 44.1 Å². The number of ketones is 1. The quantitative estimate of drug-likeness (QED) is 0.798. The van der Waals surface area contributed by atoms with Gasteiger partial charge in [0.1, 0.15) is 5.82 Å². The van der Waals surface area contributed by atoms with Crippen molar-refractivity contribution >= 4 is 17.2 Å². The predicted molar refractivity (Wildman–Crippen MR) is 75.6 cm³/mol. The van der Waals surface area contributed by atoms with Gasteiger partial charge >= 0.3 is 0 Å². The summed E-state index contributed by atoms with van der Waals surface area (Å²) in [5.41, 5.74) is 2.03. The summed E-state index contributed by atoms with van der Waals surface area (Å²) in [4.78, 5) is 12.9. The lowest BCUT2D eigenvalue weighted by atomic mass is 10.1. The van der Waals surface area contributed by atoms with E-state index in [1.807, 2.05) is 6.07 Å². The smallest absolute Gasteiger partial charge is 0.159 e. The molecule has 0 spiro atoms. The largest absolute Gasteiger partial charge is 0.342 e. The van der Waals surface area contributed by atoms with Crippen LogP contribution >= 0.6 is 0 Å². The number of rotatable bonds is 3. The number of hydrogen-bond acceptors (Lipinski definition) is 3. The molecule has 4 heteroatoms. The number of carbonyl (C=O) groups excluding carboxylic acids is 1. The van der Waals surface area contributed by atoms with Gasteiger partial charge in [-0.25, -0.2) is 4.39 Å². The van der Waals surface area contributed by atoms with Crippen molar-refractivity contribution in [2.75, 3.05) is 11.9 Å². The Morgan fingerprint density at radius 3 is 2.35 bits per heavy atom. The fraction of sp³-hybridized carbons (Fsp3) is 0.125. The Morgan fingerprint density at radius 1 is 1.20 bits per heavy atom. The molecule has 0 saturated carbocycles. The molecule has 20 heavy (non-hydrogen) atoms. The van der Waals surface area contributed by atoms with Crippen molar-refractivity contribution in [3.63, 3.8) is 0 Å². The molecular formula is C16H13FN2O. The van der Waals surface area contributed by atoms with Crippen molar-refractivity contribution in [1.82, 2.24) is 0 Å². The highest BCUT2D eigenvalue weighted by atomic mass is 19.1. The second-order valence-corrected chi connectivity index (χ2v) is 4.44. The van der Waals surface area contributed by atoms with Gasteiger partial charge in [-0.1, -0.05) is 0 Å². The molecule has 0 fully saturated rings. The third-order valence-electron chi connectivity index (χ3n) is 3.10. The summed E-state index contributed by atoms with van der Waals surface area (Å²) in [6.07, 6.45) is 0. The lowest BCUT2D eigenvalue weighted by molar-refractivity contribution is 0.101. The minimum absolute atomic E-state index is 0.170. The van der Waals surface area contributed by atoms with Crippen LogP contribution in [0.4, 0.5) is 15.8 Å². The van der Waals surface area contributed by atoms with Crippen LogP contribution in [-0.2, 0) is 0 Å². The third kappa shape index (κ3) is 2.67. The molecule has 0 amide bonds. The number of benzene rings is 2. The molecule has 2 rings (SSSR count). The zero-order chi connectivity index (χ0) is 14.7. The molecule has 2 aromatic carbocycles. The second kappa shape index (κ2) is 5.54. The van der Waals surface area contributed by atoms with E-state index in [4.69, 9.17) is 5.26 Å². The van der Waals surface area contributed by atoms with E-state index < -0.39 is 5.82 Å². The van der Waals surface area contributed by atoms with Crippen LogP contribution in [-0.4, -0.2) is 12.8 Å². The van der Waals surface area contributed by atoms with Crippen LogP contribution in [0.2, 0.25) is 0 Å². The van der Waals surface area contributed by atoms with Gasteiger partial charge in [-0.05, 0) is 49.4 Å². The van der Waals surface area contributed by atoms with Crippen LogP contribution in [0.1, 0.15) is 22.8 Å². The highest BCUT2D eigenvalue weighted by molar-refractivity contribution is 5.94. The fourth-order valence-corrected chi connectivity index (χ4v) is 1.90. The van der Waals surface area contributed by atoms with Crippen molar-refractivity contribution in [1.29, 1.82) is 5.26 Å². The number of hydrogen-bond donors (Lipinski definition) is 0. The summed E-state index contributed by atoms with van der Waals surface area (Å²) in [6, 6.07) is 13.3. The highest BCUT2D eigenvalue weighted by Crippen LogP contribution is 2.27. The van der Waals surface area contributed by atoms with Gasteiger partial charge in [-0.2, -0.15) is 5.26 Å². The fourth-order valence-electron chi connectivity index (χ4n) is 1.90. The first-order valence-electron chi connectivity index (χ1n) is 6.07. The van der Waals surface area contributed by atoms with Crippen LogP contribution in [0, 0.1) is 17.1 Å². The highest BCUT2D eigenvalue weighted by Gasteiger charge is 2.11. The maximum Gasteiger partial charge on any atom is 0.159 e. The Kier molecular flexibility index (Phi) is 3.81. The molecule has 0 aliphatic heterocycles. The van der Waals surface area contributed by atoms with E-state index >= 15 is 0 Å². The minimum atomic E-state index is -0.454. The summed E-state index contributed by atoms with van der Waals surface area (Å²) in [5.74, 6) is -0.624. The molecule has 0 aromatic heterocycles. The first-order valence-corrected chi connectivity index (χ1v) is 6.07. The lowest BCUT2D eigenvalue weighted by Gasteiger charge is -2.20. The van der Waals surface area contributed by atoms with Crippen LogP contribution in [0.5, 0.6) is 0 Å². The van der Waals surface area contributed by atoms with Crippen molar-refractivity contribution < 1.29 is 9.18 Å². The molecule has 0 heterocycles. The van der Waals surface area contributed by atoms with E-state index in [2.05, 4.69) is 0 Å². The second-order valence-electron chi connectivity index (χ2n) is 4.44. The molecule has 0 saturated heterocycles. The molecule has 0 unspecified atom stereocenters. The zero-order valence-corrected chi connectivity index (χ0v) is 11.2. The van der Waals surface area contributed by atoms with Crippen LogP contribution in [0.15, 0.2) is 42.5 Å².